The monoisotopic (exact) mass is 637 g/mol. The lowest BCUT2D eigenvalue weighted by molar-refractivity contribution is -0.164. The van der Waals surface area contributed by atoms with Crippen LogP contribution in [-0.4, -0.2) is 82.1 Å². The lowest BCUT2D eigenvalue weighted by Gasteiger charge is -2.33. The van der Waals surface area contributed by atoms with Crippen LogP contribution >= 0.6 is 0 Å². The Hall–Kier alpha value is -4.41. The maximum atomic E-state index is 13.9. The number of benzene rings is 2. The summed E-state index contributed by atoms with van der Waals surface area (Å²) in [5.41, 5.74) is -0.0519. The number of ketones is 1. The topological polar surface area (TPSA) is 132 Å². The highest BCUT2D eigenvalue weighted by atomic mass is 16.6. The Morgan fingerprint density at radius 1 is 0.870 bits per heavy atom. The smallest absolute Gasteiger partial charge is 0.411 e. The molecule has 0 spiro atoms. The van der Waals surface area contributed by atoms with Gasteiger partial charge in [0.05, 0.1) is 12.6 Å². The molecule has 0 saturated carbocycles. The van der Waals surface area contributed by atoms with Crippen molar-refractivity contribution in [3.63, 3.8) is 0 Å². The van der Waals surface area contributed by atoms with Crippen LogP contribution in [0.3, 0.4) is 0 Å². The molecule has 2 aromatic carbocycles. The average molecular weight is 638 g/mol. The molecule has 1 N–H and O–H groups in total. The lowest BCUT2D eigenvalue weighted by atomic mass is 10.0. The number of hydrogen-bond acceptors (Lipinski definition) is 8. The van der Waals surface area contributed by atoms with Gasteiger partial charge in [0.15, 0.2) is 5.78 Å². The van der Waals surface area contributed by atoms with Gasteiger partial charge in [-0.3, -0.25) is 14.5 Å². The molecule has 1 saturated heterocycles. The maximum Gasteiger partial charge on any atom is 0.411 e. The standard InChI is InChI=1S/C35H47N3O8/c1-24(30(40)37-20-14-19-28(37)31(41)45-34(2,3)4)38(33(43)44-23-26-17-12-9-13-18-26)22-29(39)27(21-25-15-10-8-11-16-25)36-32(42)46-35(5,6)7/h8-13,15-18,24,27-28H,14,19-23H2,1-7H3,(H,36,42)/t24-,27-,28-/m0/s1. The minimum Gasteiger partial charge on any atom is -0.458 e. The van der Waals surface area contributed by atoms with Crippen molar-refractivity contribution < 1.29 is 38.2 Å². The van der Waals surface area contributed by atoms with Crippen LogP contribution in [0.2, 0.25) is 0 Å². The Morgan fingerprint density at radius 2 is 1.43 bits per heavy atom. The van der Waals surface area contributed by atoms with Crippen molar-refractivity contribution in [3.8, 4) is 0 Å². The molecule has 1 aliphatic rings. The van der Waals surface area contributed by atoms with Crippen molar-refractivity contribution in [2.75, 3.05) is 13.1 Å². The van der Waals surface area contributed by atoms with Gasteiger partial charge in [-0.05, 0) is 78.9 Å². The third kappa shape index (κ3) is 11.2. The van der Waals surface area contributed by atoms with E-state index in [-0.39, 0.29) is 13.0 Å². The third-order valence-corrected chi connectivity index (χ3v) is 7.17. The number of alkyl carbamates (subject to hydrolysis) is 1. The Kier molecular flexibility index (Phi) is 12.3. The fourth-order valence-electron chi connectivity index (χ4n) is 5.00. The highest BCUT2D eigenvalue weighted by molar-refractivity contribution is 5.94. The Labute approximate surface area is 271 Å². The highest BCUT2D eigenvalue weighted by Gasteiger charge is 2.41. The zero-order valence-corrected chi connectivity index (χ0v) is 27.9. The zero-order valence-electron chi connectivity index (χ0n) is 27.9. The molecule has 11 heteroatoms. The van der Waals surface area contributed by atoms with Crippen molar-refractivity contribution >= 4 is 29.8 Å². The molecule has 0 radical (unpaired) electrons. The number of rotatable bonds is 11. The summed E-state index contributed by atoms with van der Waals surface area (Å²) in [6.07, 6.45) is -0.549. The van der Waals surface area contributed by atoms with Crippen molar-refractivity contribution in [1.82, 2.24) is 15.1 Å². The van der Waals surface area contributed by atoms with Crippen LogP contribution in [0.5, 0.6) is 0 Å². The molecular formula is C35H47N3O8. The predicted molar refractivity (Wildman–Crippen MR) is 172 cm³/mol. The van der Waals surface area contributed by atoms with E-state index in [1.165, 1.54) is 11.8 Å². The number of carbonyl (C=O) groups is 5. The molecule has 3 atom stereocenters. The Morgan fingerprint density at radius 3 is 2.00 bits per heavy atom. The fraction of sp³-hybridized carbons (Fsp3) is 0.514. The van der Waals surface area contributed by atoms with Gasteiger partial charge in [-0.25, -0.2) is 14.4 Å². The first kappa shape index (κ1) is 36.1. The van der Waals surface area contributed by atoms with E-state index in [1.54, 1.807) is 65.8 Å². The summed E-state index contributed by atoms with van der Waals surface area (Å²) in [6, 6.07) is 15.0. The number of esters is 1. The van der Waals surface area contributed by atoms with Crippen molar-refractivity contribution in [2.24, 2.45) is 0 Å². The number of nitrogens with one attached hydrogen (secondary N) is 1. The zero-order chi connectivity index (χ0) is 34.1. The van der Waals surface area contributed by atoms with E-state index in [4.69, 9.17) is 14.2 Å². The van der Waals surface area contributed by atoms with Gasteiger partial charge >= 0.3 is 18.2 Å². The van der Waals surface area contributed by atoms with Gasteiger partial charge in [-0.2, -0.15) is 0 Å². The van der Waals surface area contributed by atoms with Crippen LogP contribution in [0.1, 0.15) is 72.4 Å². The second kappa shape index (κ2) is 15.7. The van der Waals surface area contributed by atoms with Crippen LogP contribution in [0.15, 0.2) is 60.7 Å². The van der Waals surface area contributed by atoms with Crippen LogP contribution in [0.4, 0.5) is 9.59 Å². The van der Waals surface area contributed by atoms with Gasteiger partial charge in [-0.1, -0.05) is 60.7 Å². The van der Waals surface area contributed by atoms with Gasteiger partial charge in [0, 0.05) is 6.54 Å². The number of amides is 3. The van der Waals surface area contributed by atoms with Crippen LogP contribution in [-0.2, 0) is 41.6 Å². The molecule has 1 fully saturated rings. The predicted octanol–water partition coefficient (Wildman–Crippen LogP) is 5.05. The fourth-order valence-corrected chi connectivity index (χ4v) is 5.00. The maximum absolute atomic E-state index is 13.9. The van der Waals surface area contributed by atoms with E-state index in [9.17, 15) is 24.0 Å². The summed E-state index contributed by atoms with van der Waals surface area (Å²) in [7, 11) is 0. The summed E-state index contributed by atoms with van der Waals surface area (Å²) in [6.45, 7) is 11.6. The molecule has 0 aliphatic carbocycles. The molecule has 250 valence electrons. The molecule has 0 aromatic heterocycles. The van der Waals surface area contributed by atoms with Gasteiger partial charge in [0.1, 0.15) is 29.9 Å². The summed E-state index contributed by atoms with van der Waals surface area (Å²) < 4.78 is 16.5. The summed E-state index contributed by atoms with van der Waals surface area (Å²) in [5.74, 6) is -1.57. The van der Waals surface area contributed by atoms with E-state index in [1.807, 2.05) is 36.4 Å². The number of ether oxygens (including phenoxy) is 3. The second-order valence-corrected chi connectivity index (χ2v) is 13.4. The van der Waals surface area contributed by atoms with Crippen LogP contribution < -0.4 is 5.32 Å². The third-order valence-electron chi connectivity index (χ3n) is 7.17. The van der Waals surface area contributed by atoms with E-state index in [0.29, 0.717) is 19.4 Å². The molecule has 11 nitrogen and oxygen atoms in total. The molecular weight excluding hydrogens is 590 g/mol. The molecule has 3 amide bonds. The van der Waals surface area contributed by atoms with Gasteiger partial charge < -0.3 is 24.4 Å². The first-order chi connectivity index (χ1) is 21.5. The SMILES string of the molecule is C[C@@H](C(=O)N1CCC[C@H]1C(=O)OC(C)(C)C)N(CC(=O)[C@H](Cc1ccccc1)NC(=O)OC(C)(C)C)C(=O)OCc1ccccc1. The second-order valence-electron chi connectivity index (χ2n) is 13.4. The van der Waals surface area contributed by atoms with E-state index in [2.05, 4.69) is 5.32 Å². The van der Waals surface area contributed by atoms with Crippen molar-refractivity contribution in [1.29, 1.82) is 0 Å². The van der Waals surface area contributed by atoms with Crippen LogP contribution in [0.25, 0.3) is 0 Å². The molecule has 3 rings (SSSR count). The largest absolute Gasteiger partial charge is 0.458 e. The van der Waals surface area contributed by atoms with Gasteiger partial charge in [0.2, 0.25) is 5.91 Å². The molecule has 46 heavy (non-hydrogen) atoms. The lowest BCUT2D eigenvalue weighted by Crippen LogP contribution is -2.56. The Bertz CT molecular complexity index is 1350. The molecule has 1 heterocycles. The number of likely N-dealkylation sites (tertiary alicyclic amines) is 1. The van der Waals surface area contributed by atoms with Crippen LogP contribution in [0, 0.1) is 0 Å². The first-order valence-electron chi connectivity index (χ1n) is 15.6. The quantitative estimate of drug-likeness (QED) is 0.268. The number of carbonyl (C=O) groups excluding carboxylic acids is 5. The van der Waals surface area contributed by atoms with E-state index < -0.39 is 65.7 Å². The first-order valence-corrected chi connectivity index (χ1v) is 15.6. The normalized spacial score (nSPS) is 16.2. The molecule has 1 aliphatic heterocycles. The number of Topliss-reactive ketones (excluding diaryl/α,β-unsaturated/α-hetero) is 1. The Balaban J connectivity index is 1.87. The van der Waals surface area contributed by atoms with Gasteiger partial charge in [-0.15, -0.1) is 0 Å². The highest BCUT2D eigenvalue weighted by Crippen LogP contribution is 2.23. The average Bonchev–Trinajstić information content (AvgIpc) is 3.47. The summed E-state index contributed by atoms with van der Waals surface area (Å²) in [4.78, 5) is 69.6. The minimum atomic E-state index is -1.17. The minimum absolute atomic E-state index is 0.0842. The molecule has 2 aromatic rings. The van der Waals surface area contributed by atoms with Gasteiger partial charge in [0.25, 0.3) is 0 Å². The summed E-state index contributed by atoms with van der Waals surface area (Å²) >= 11 is 0. The van der Waals surface area contributed by atoms with Crippen molar-refractivity contribution in [2.45, 2.75) is 104 Å². The van der Waals surface area contributed by atoms with E-state index >= 15 is 0 Å². The molecule has 0 unspecified atom stereocenters. The summed E-state index contributed by atoms with van der Waals surface area (Å²) in [5, 5.41) is 2.64. The molecule has 0 bridgehead atoms. The number of nitrogens with zero attached hydrogens (tertiary/aromatic N) is 2. The van der Waals surface area contributed by atoms with E-state index in [0.717, 1.165) is 16.0 Å². The number of hydrogen-bond donors (Lipinski definition) is 1. The van der Waals surface area contributed by atoms with Crippen molar-refractivity contribution in [3.05, 3.63) is 71.8 Å².